The first kappa shape index (κ1) is 22.8. The molecule has 3 nitrogen and oxygen atoms in total. The van der Waals surface area contributed by atoms with Crippen molar-refractivity contribution in [2.24, 2.45) is 0 Å². The first-order valence-corrected chi connectivity index (χ1v) is 5.52. The summed E-state index contributed by atoms with van der Waals surface area (Å²) in [6.07, 6.45) is 2.29. The summed E-state index contributed by atoms with van der Waals surface area (Å²) in [5.74, 6) is 0. The van der Waals surface area contributed by atoms with Crippen molar-refractivity contribution >= 4 is 11.4 Å². The average Bonchev–Trinajstić information content (AvgIpc) is 2.29. The summed E-state index contributed by atoms with van der Waals surface area (Å²) in [4.78, 5) is 5.49. The predicted octanol–water partition coefficient (Wildman–Crippen LogP) is -2.20. The molecule has 0 atom stereocenters. The van der Waals surface area contributed by atoms with Gasteiger partial charge in [-0.2, -0.15) is 0 Å². The molecule has 0 radical (unpaired) electrons. The number of diazo groups is 1. The zero-order valence-electron chi connectivity index (χ0n) is 10.9. The van der Waals surface area contributed by atoms with Crippen molar-refractivity contribution < 1.29 is 44.3 Å². The maximum Gasteiger partial charge on any atom is 0.385 e. The number of halogens is 2. The summed E-state index contributed by atoms with van der Waals surface area (Å²) in [6.45, 7) is 6.51. The summed E-state index contributed by atoms with van der Waals surface area (Å²) in [5, 5.41) is 8.59. The normalized spacial score (nSPS) is 8.06. The van der Waals surface area contributed by atoms with Crippen LogP contribution in [0.3, 0.4) is 0 Å². The molecule has 0 saturated heterocycles. The molecule has 0 N–H and O–H groups in total. The number of anilines is 1. The summed E-state index contributed by atoms with van der Waals surface area (Å²) in [5.41, 5.74) is 1.80. The third-order valence-electron chi connectivity index (χ3n) is 2.32. The topological polar surface area (TPSA) is 31.4 Å². The molecule has 0 spiro atoms. The van der Waals surface area contributed by atoms with Crippen LogP contribution in [0.2, 0.25) is 0 Å². The van der Waals surface area contributed by atoms with E-state index in [-0.39, 0.29) is 44.3 Å². The number of nitrogens with zero attached hydrogens (tertiary/aromatic N) is 3. The third kappa shape index (κ3) is 7.16. The van der Waals surface area contributed by atoms with Crippen LogP contribution in [0.5, 0.6) is 0 Å². The standard InChI is InChI=1S/C12H18N3.2ClH.Zn/c1-3-9-15(10-4-2)12-7-5-11(14-13)6-8-12;;;/h5-8H,3-4,9-10H2,1-2H3;2*1H;/q+1;;;/p-2. The van der Waals surface area contributed by atoms with E-state index >= 15 is 0 Å². The largest absolute Gasteiger partial charge is 1.00 e. The fourth-order valence-corrected chi connectivity index (χ4v) is 1.64. The Labute approximate surface area is 135 Å². The quantitative estimate of drug-likeness (QED) is 0.450. The molecule has 98 valence electrons. The van der Waals surface area contributed by atoms with Crippen molar-refractivity contribution in [1.29, 1.82) is 5.39 Å². The van der Waals surface area contributed by atoms with E-state index in [1.807, 2.05) is 24.3 Å². The molecule has 1 aromatic rings. The molecule has 0 aliphatic heterocycles. The summed E-state index contributed by atoms with van der Waals surface area (Å²) >= 11 is 0. The van der Waals surface area contributed by atoms with Crippen molar-refractivity contribution in [3.8, 4) is 0 Å². The second-order valence-corrected chi connectivity index (χ2v) is 3.60. The number of hydrogen-bond acceptors (Lipinski definition) is 2. The zero-order valence-corrected chi connectivity index (χ0v) is 15.4. The Balaban J connectivity index is -0.000000750. The molecule has 0 bridgehead atoms. The van der Waals surface area contributed by atoms with Crippen LogP contribution in [0.15, 0.2) is 24.3 Å². The molecule has 0 saturated carbocycles. The van der Waals surface area contributed by atoms with Crippen LogP contribution in [0.4, 0.5) is 11.4 Å². The molecule has 0 aromatic heterocycles. The van der Waals surface area contributed by atoms with E-state index < -0.39 is 0 Å². The van der Waals surface area contributed by atoms with Gasteiger partial charge in [-0.15, -0.1) is 0 Å². The number of rotatable bonds is 5. The van der Waals surface area contributed by atoms with Crippen LogP contribution >= 0.6 is 0 Å². The van der Waals surface area contributed by atoms with E-state index in [0.717, 1.165) is 25.9 Å². The third-order valence-corrected chi connectivity index (χ3v) is 2.32. The first-order valence-electron chi connectivity index (χ1n) is 5.52. The van der Waals surface area contributed by atoms with Gasteiger partial charge in [0.2, 0.25) is 5.39 Å². The van der Waals surface area contributed by atoms with Gasteiger partial charge in [-0.25, -0.2) is 0 Å². The summed E-state index contributed by atoms with van der Waals surface area (Å²) < 4.78 is 0. The van der Waals surface area contributed by atoms with Crippen LogP contribution in [-0.2, 0) is 19.5 Å². The van der Waals surface area contributed by atoms with E-state index in [2.05, 4.69) is 23.7 Å². The molecule has 0 heterocycles. The van der Waals surface area contributed by atoms with Gasteiger partial charge < -0.3 is 29.7 Å². The Hall–Kier alpha value is -0.357. The van der Waals surface area contributed by atoms with Gasteiger partial charge in [0, 0.05) is 50.4 Å². The first-order chi connectivity index (χ1) is 7.31. The monoisotopic (exact) mass is 338 g/mol. The minimum atomic E-state index is 0. The fourth-order valence-electron chi connectivity index (χ4n) is 1.64. The maximum absolute atomic E-state index is 8.59. The zero-order chi connectivity index (χ0) is 11.1. The Morgan fingerprint density at radius 2 is 1.44 bits per heavy atom. The molecule has 1 rings (SSSR count). The Morgan fingerprint density at radius 3 is 1.78 bits per heavy atom. The van der Waals surface area contributed by atoms with E-state index in [0.29, 0.717) is 5.69 Å². The van der Waals surface area contributed by atoms with Crippen molar-refractivity contribution in [2.45, 2.75) is 26.7 Å². The summed E-state index contributed by atoms with van der Waals surface area (Å²) in [7, 11) is 0. The molecule has 0 aliphatic rings. The van der Waals surface area contributed by atoms with Gasteiger partial charge in [-0.05, 0) is 25.0 Å². The second-order valence-electron chi connectivity index (χ2n) is 3.60. The molecular formula is C12H18Cl2N3Zn-. The number of hydrogen-bond donors (Lipinski definition) is 0. The van der Waals surface area contributed by atoms with Gasteiger partial charge >= 0.3 is 5.69 Å². The molecule has 0 amide bonds. The smallest absolute Gasteiger partial charge is 0.385 e. The van der Waals surface area contributed by atoms with Gasteiger partial charge in [0.05, 0.1) is 0 Å². The molecule has 1 aromatic carbocycles. The van der Waals surface area contributed by atoms with Crippen LogP contribution in [0, 0.1) is 5.39 Å². The second kappa shape index (κ2) is 13.1. The van der Waals surface area contributed by atoms with E-state index in [9.17, 15) is 0 Å². The molecule has 6 heteroatoms. The molecule has 0 fully saturated rings. The van der Waals surface area contributed by atoms with Crippen LogP contribution in [0.1, 0.15) is 26.7 Å². The molecular weight excluding hydrogens is 322 g/mol. The SMILES string of the molecule is CCCN(CCC)c1ccc([N+]#N)cc1.[Cl-].[Cl-].[Zn]. The van der Waals surface area contributed by atoms with Crippen molar-refractivity contribution in [3.63, 3.8) is 0 Å². The van der Waals surface area contributed by atoms with Gasteiger partial charge in [-0.3, -0.25) is 0 Å². The predicted molar refractivity (Wildman–Crippen MR) is 64.0 cm³/mol. The van der Waals surface area contributed by atoms with Crippen LogP contribution in [0.25, 0.3) is 4.98 Å². The van der Waals surface area contributed by atoms with Gasteiger partial charge in [0.25, 0.3) is 0 Å². The van der Waals surface area contributed by atoms with Crippen LogP contribution in [-0.4, -0.2) is 13.1 Å². The minimum Gasteiger partial charge on any atom is -1.00 e. The number of benzene rings is 1. The Kier molecular flexibility index (Phi) is 16.6. The van der Waals surface area contributed by atoms with Crippen molar-refractivity contribution in [2.75, 3.05) is 18.0 Å². The van der Waals surface area contributed by atoms with Gasteiger partial charge in [0.15, 0.2) is 4.98 Å². The Bertz CT molecular complexity index is 332. The summed E-state index contributed by atoms with van der Waals surface area (Å²) in [6, 6.07) is 7.65. The van der Waals surface area contributed by atoms with Crippen LogP contribution < -0.4 is 29.7 Å². The minimum absolute atomic E-state index is 0. The molecule has 0 unspecified atom stereocenters. The molecule has 18 heavy (non-hydrogen) atoms. The van der Waals surface area contributed by atoms with Crippen molar-refractivity contribution in [1.82, 2.24) is 0 Å². The fraction of sp³-hybridized carbons (Fsp3) is 0.500. The van der Waals surface area contributed by atoms with Crippen molar-refractivity contribution in [3.05, 3.63) is 29.2 Å². The van der Waals surface area contributed by atoms with Gasteiger partial charge in [-0.1, -0.05) is 13.8 Å². The Morgan fingerprint density at radius 1 is 1.00 bits per heavy atom. The van der Waals surface area contributed by atoms with Gasteiger partial charge in [0.1, 0.15) is 0 Å². The van der Waals surface area contributed by atoms with E-state index in [1.54, 1.807) is 0 Å². The van der Waals surface area contributed by atoms with E-state index in [4.69, 9.17) is 5.39 Å². The average molecular weight is 341 g/mol. The maximum atomic E-state index is 8.59. The van der Waals surface area contributed by atoms with E-state index in [1.165, 1.54) is 5.69 Å². The molecule has 0 aliphatic carbocycles.